The number of benzene rings is 2. The predicted molar refractivity (Wildman–Crippen MR) is 93.6 cm³/mol. The molecule has 2 heterocycles. The third-order valence-electron chi connectivity index (χ3n) is 3.65. The van der Waals surface area contributed by atoms with Gasteiger partial charge in [-0.15, -0.1) is 11.3 Å². The summed E-state index contributed by atoms with van der Waals surface area (Å²) in [5, 5.41) is 2.85. The molecule has 0 spiro atoms. The fraction of sp³-hybridized carbons (Fsp3) is 0.0556. The smallest absolute Gasteiger partial charge is 0.151 e. The highest BCUT2D eigenvalue weighted by Crippen LogP contribution is 2.29. The van der Waals surface area contributed by atoms with Crippen LogP contribution in [-0.4, -0.2) is 9.55 Å². The van der Waals surface area contributed by atoms with Crippen LogP contribution in [0.2, 0.25) is 5.02 Å². The molecule has 0 saturated heterocycles. The van der Waals surface area contributed by atoms with E-state index in [1.807, 2.05) is 18.2 Å². The molecule has 2 aromatic heterocycles. The van der Waals surface area contributed by atoms with E-state index in [1.165, 1.54) is 10.4 Å². The first kappa shape index (κ1) is 13.6. The second-order valence-electron chi connectivity index (χ2n) is 5.11. The highest BCUT2D eigenvalue weighted by atomic mass is 35.5. The molecule has 0 radical (unpaired) electrons. The van der Waals surface area contributed by atoms with Gasteiger partial charge in [0.25, 0.3) is 0 Å². The van der Waals surface area contributed by atoms with Crippen molar-refractivity contribution in [2.45, 2.75) is 6.54 Å². The molecule has 0 aliphatic carbocycles. The second-order valence-corrected chi connectivity index (χ2v) is 6.50. The molecule has 0 saturated carbocycles. The van der Waals surface area contributed by atoms with Gasteiger partial charge < -0.3 is 4.57 Å². The molecule has 0 amide bonds. The van der Waals surface area contributed by atoms with Crippen LogP contribution in [0.4, 0.5) is 0 Å². The average molecular weight is 325 g/mol. The van der Waals surface area contributed by atoms with Gasteiger partial charge in [0.15, 0.2) is 5.82 Å². The van der Waals surface area contributed by atoms with Crippen molar-refractivity contribution in [3.05, 3.63) is 76.6 Å². The van der Waals surface area contributed by atoms with Crippen LogP contribution in [0.1, 0.15) is 5.56 Å². The Balaban J connectivity index is 1.87. The Morgan fingerprint density at radius 1 is 0.955 bits per heavy atom. The summed E-state index contributed by atoms with van der Waals surface area (Å²) >= 11 is 7.70. The van der Waals surface area contributed by atoms with Gasteiger partial charge in [0, 0.05) is 11.6 Å². The zero-order chi connectivity index (χ0) is 14.9. The number of hydrogen-bond acceptors (Lipinski definition) is 2. The molecule has 0 atom stereocenters. The van der Waals surface area contributed by atoms with Crippen molar-refractivity contribution in [3.8, 4) is 10.7 Å². The van der Waals surface area contributed by atoms with Crippen LogP contribution < -0.4 is 0 Å². The molecule has 108 valence electrons. The fourth-order valence-electron chi connectivity index (χ4n) is 2.60. The van der Waals surface area contributed by atoms with Crippen LogP contribution in [0.25, 0.3) is 21.7 Å². The van der Waals surface area contributed by atoms with Gasteiger partial charge in [-0.25, -0.2) is 4.98 Å². The molecule has 4 heteroatoms. The fourth-order valence-corrected chi connectivity index (χ4v) is 3.45. The van der Waals surface area contributed by atoms with Crippen molar-refractivity contribution >= 4 is 34.0 Å². The molecule has 0 unspecified atom stereocenters. The Kier molecular flexibility index (Phi) is 3.45. The van der Waals surface area contributed by atoms with Gasteiger partial charge in [0.1, 0.15) is 0 Å². The van der Waals surface area contributed by atoms with Crippen LogP contribution in [-0.2, 0) is 6.54 Å². The van der Waals surface area contributed by atoms with E-state index >= 15 is 0 Å². The topological polar surface area (TPSA) is 17.8 Å². The van der Waals surface area contributed by atoms with E-state index in [4.69, 9.17) is 16.6 Å². The summed E-state index contributed by atoms with van der Waals surface area (Å²) < 4.78 is 2.27. The normalized spacial score (nSPS) is 11.1. The van der Waals surface area contributed by atoms with E-state index in [-0.39, 0.29) is 0 Å². The first-order chi connectivity index (χ1) is 10.8. The molecule has 0 N–H and O–H groups in total. The lowest BCUT2D eigenvalue weighted by Crippen LogP contribution is -2.01. The third kappa shape index (κ3) is 2.43. The minimum atomic E-state index is 0.762. The highest BCUT2D eigenvalue weighted by Gasteiger charge is 2.13. The van der Waals surface area contributed by atoms with Gasteiger partial charge in [0.05, 0.1) is 15.9 Å². The summed E-state index contributed by atoms with van der Waals surface area (Å²) in [6, 6.07) is 20.4. The summed E-state index contributed by atoms with van der Waals surface area (Å²) in [7, 11) is 0. The summed E-state index contributed by atoms with van der Waals surface area (Å²) in [5.74, 6) is 1.02. The first-order valence-electron chi connectivity index (χ1n) is 7.05. The molecule has 2 nitrogen and oxygen atoms in total. The van der Waals surface area contributed by atoms with Gasteiger partial charge in [-0.1, -0.05) is 41.9 Å². The van der Waals surface area contributed by atoms with Crippen molar-refractivity contribution in [2.75, 3.05) is 0 Å². The minimum absolute atomic E-state index is 0.762. The lowest BCUT2D eigenvalue weighted by atomic mass is 10.2. The molecular formula is C18H13ClN2S. The number of imidazole rings is 1. The van der Waals surface area contributed by atoms with Crippen LogP contribution in [0.15, 0.2) is 66.0 Å². The minimum Gasteiger partial charge on any atom is -0.319 e. The maximum Gasteiger partial charge on any atom is 0.151 e. The Bertz CT molecular complexity index is 908. The van der Waals surface area contributed by atoms with Crippen LogP contribution in [0.5, 0.6) is 0 Å². The number of para-hydroxylation sites is 2. The van der Waals surface area contributed by atoms with Crippen molar-refractivity contribution < 1.29 is 0 Å². The number of halogens is 1. The quantitative estimate of drug-likeness (QED) is 0.489. The number of fused-ring (bicyclic) bond motifs is 1. The standard InChI is InChI=1S/C18H13ClN2S/c19-14-9-7-13(8-10-14)12-21-16-5-2-1-4-15(16)20-18(21)17-6-3-11-22-17/h1-11H,12H2. The van der Waals surface area contributed by atoms with Gasteiger partial charge in [0.2, 0.25) is 0 Å². The van der Waals surface area contributed by atoms with Crippen molar-refractivity contribution in [1.82, 2.24) is 9.55 Å². The van der Waals surface area contributed by atoms with E-state index < -0.39 is 0 Å². The number of nitrogens with zero attached hydrogens (tertiary/aromatic N) is 2. The molecule has 2 aromatic carbocycles. The van der Waals surface area contributed by atoms with Crippen molar-refractivity contribution in [1.29, 1.82) is 0 Å². The molecule has 0 aliphatic rings. The van der Waals surface area contributed by atoms with Crippen LogP contribution in [0, 0.1) is 0 Å². The number of aromatic nitrogens is 2. The predicted octanol–water partition coefficient (Wildman–Crippen LogP) is 5.47. The Morgan fingerprint density at radius 3 is 2.55 bits per heavy atom. The van der Waals surface area contributed by atoms with Gasteiger partial charge in [-0.05, 0) is 41.3 Å². The lowest BCUT2D eigenvalue weighted by molar-refractivity contribution is 0.836. The van der Waals surface area contributed by atoms with E-state index in [2.05, 4.69) is 52.4 Å². The zero-order valence-electron chi connectivity index (χ0n) is 11.7. The first-order valence-corrected chi connectivity index (χ1v) is 8.30. The van der Waals surface area contributed by atoms with Gasteiger partial charge in [-0.3, -0.25) is 0 Å². The zero-order valence-corrected chi connectivity index (χ0v) is 13.3. The van der Waals surface area contributed by atoms with Crippen LogP contribution >= 0.6 is 22.9 Å². The monoisotopic (exact) mass is 324 g/mol. The summed E-state index contributed by atoms with van der Waals surface area (Å²) in [5.41, 5.74) is 3.39. The summed E-state index contributed by atoms with van der Waals surface area (Å²) in [6.07, 6.45) is 0. The van der Waals surface area contributed by atoms with E-state index in [1.54, 1.807) is 11.3 Å². The van der Waals surface area contributed by atoms with Gasteiger partial charge in [-0.2, -0.15) is 0 Å². The maximum atomic E-state index is 5.98. The molecule has 0 aliphatic heterocycles. The third-order valence-corrected chi connectivity index (χ3v) is 4.77. The largest absolute Gasteiger partial charge is 0.319 e. The average Bonchev–Trinajstić information content (AvgIpc) is 3.18. The lowest BCUT2D eigenvalue weighted by Gasteiger charge is -2.08. The molecule has 0 bridgehead atoms. The molecular weight excluding hydrogens is 312 g/mol. The van der Waals surface area contributed by atoms with E-state index in [9.17, 15) is 0 Å². The SMILES string of the molecule is Clc1ccc(Cn2c(-c3cccs3)nc3ccccc32)cc1. The maximum absolute atomic E-state index is 5.98. The molecule has 22 heavy (non-hydrogen) atoms. The van der Waals surface area contributed by atoms with Gasteiger partial charge >= 0.3 is 0 Å². The molecule has 4 rings (SSSR count). The Morgan fingerprint density at radius 2 is 1.77 bits per heavy atom. The summed E-state index contributed by atoms with van der Waals surface area (Å²) in [6.45, 7) is 0.783. The molecule has 4 aromatic rings. The summed E-state index contributed by atoms with van der Waals surface area (Å²) in [4.78, 5) is 6.00. The van der Waals surface area contributed by atoms with Crippen LogP contribution in [0.3, 0.4) is 0 Å². The Hall–Kier alpha value is -2.10. The van der Waals surface area contributed by atoms with E-state index in [0.717, 1.165) is 28.4 Å². The van der Waals surface area contributed by atoms with Crippen molar-refractivity contribution in [2.24, 2.45) is 0 Å². The molecule has 0 fully saturated rings. The van der Waals surface area contributed by atoms with Crippen molar-refractivity contribution in [3.63, 3.8) is 0 Å². The number of thiophene rings is 1. The number of hydrogen-bond donors (Lipinski definition) is 0. The van der Waals surface area contributed by atoms with E-state index in [0.29, 0.717) is 0 Å². The number of rotatable bonds is 3. The highest BCUT2D eigenvalue weighted by molar-refractivity contribution is 7.13. The Labute approximate surface area is 137 Å². The second kappa shape index (κ2) is 5.59.